The molecule has 0 saturated carbocycles. The first kappa shape index (κ1) is 12.1. The summed E-state index contributed by atoms with van der Waals surface area (Å²) in [6.45, 7) is 0. The highest BCUT2D eigenvalue weighted by Gasteiger charge is 2.10. The van der Waals surface area contributed by atoms with Crippen LogP contribution in [0.1, 0.15) is 10.4 Å². The number of aromatic carboxylic acids is 1. The molecule has 0 aliphatic rings. The third kappa shape index (κ3) is 2.16. The van der Waals surface area contributed by atoms with E-state index in [1.54, 1.807) is 42.9 Å². The average Bonchev–Trinajstić information content (AvgIpc) is 2.97. The van der Waals surface area contributed by atoms with Gasteiger partial charge in [0.25, 0.3) is 0 Å². The summed E-state index contributed by atoms with van der Waals surface area (Å²) in [7, 11) is 0. The fourth-order valence-corrected chi connectivity index (χ4v) is 2.03. The summed E-state index contributed by atoms with van der Waals surface area (Å²) in [4.78, 5) is 14.9. The fourth-order valence-electron chi connectivity index (χ4n) is 2.03. The number of hydrogen-bond acceptors (Lipinski definition) is 3. The zero-order valence-electron chi connectivity index (χ0n) is 10.4. The topological polar surface area (TPSA) is 78.9 Å². The molecule has 0 fully saturated rings. The molecular formula is C15H11N3O2. The number of H-pyrrole nitrogens is 1. The maximum Gasteiger partial charge on any atom is 0.335 e. The number of benzene rings is 1. The van der Waals surface area contributed by atoms with Crippen LogP contribution in [0, 0.1) is 0 Å². The Morgan fingerprint density at radius 3 is 2.50 bits per heavy atom. The second-order valence-electron chi connectivity index (χ2n) is 4.28. The van der Waals surface area contributed by atoms with Crippen LogP contribution in [0.25, 0.3) is 22.4 Å². The lowest BCUT2D eigenvalue weighted by atomic mass is 10.0. The quantitative estimate of drug-likeness (QED) is 0.763. The van der Waals surface area contributed by atoms with Gasteiger partial charge in [0.15, 0.2) is 0 Å². The predicted molar refractivity (Wildman–Crippen MR) is 74.2 cm³/mol. The fraction of sp³-hybridized carbons (Fsp3) is 0. The number of carboxylic acid groups (broad SMARTS) is 1. The van der Waals surface area contributed by atoms with Crippen molar-refractivity contribution >= 4 is 5.97 Å². The standard InChI is InChI=1S/C15H11N3O2/c19-15(20)11-5-3-10(4-6-11)13-9-17-18-14(13)12-2-1-7-16-8-12/h1-9H,(H,17,18)(H,19,20). The molecule has 3 aromatic rings. The molecule has 1 aromatic carbocycles. The van der Waals surface area contributed by atoms with Crippen LogP contribution < -0.4 is 0 Å². The molecule has 0 bridgehead atoms. The number of aromatic amines is 1. The van der Waals surface area contributed by atoms with E-state index in [1.165, 1.54) is 0 Å². The lowest BCUT2D eigenvalue weighted by Gasteiger charge is -2.03. The van der Waals surface area contributed by atoms with E-state index < -0.39 is 5.97 Å². The van der Waals surface area contributed by atoms with Crippen molar-refractivity contribution in [2.45, 2.75) is 0 Å². The summed E-state index contributed by atoms with van der Waals surface area (Å²) < 4.78 is 0. The van der Waals surface area contributed by atoms with Gasteiger partial charge in [0, 0.05) is 23.5 Å². The van der Waals surface area contributed by atoms with Crippen molar-refractivity contribution in [1.82, 2.24) is 15.2 Å². The average molecular weight is 265 g/mol. The van der Waals surface area contributed by atoms with Gasteiger partial charge in [-0.1, -0.05) is 12.1 Å². The van der Waals surface area contributed by atoms with E-state index in [0.717, 1.165) is 22.4 Å². The van der Waals surface area contributed by atoms with Crippen LogP contribution in [-0.2, 0) is 0 Å². The number of hydrogen-bond donors (Lipinski definition) is 2. The Labute approximate surface area is 114 Å². The van der Waals surface area contributed by atoms with Crippen molar-refractivity contribution in [1.29, 1.82) is 0 Å². The van der Waals surface area contributed by atoms with Crippen LogP contribution in [0.15, 0.2) is 55.0 Å². The Hall–Kier alpha value is -2.95. The molecule has 5 nitrogen and oxygen atoms in total. The van der Waals surface area contributed by atoms with E-state index in [0.29, 0.717) is 0 Å². The Bertz CT molecular complexity index is 733. The maximum atomic E-state index is 10.9. The highest BCUT2D eigenvalue weighted by atomic mass is 16.4. The van der Waals surface area contributed by atoms with Crippen molar-refractivity contribution in [3.05, 3.63) is 60.6 Å². The molecule has 0 aliphatic carbocycles. The second kappa shape index (κ2) is 4.97. The van der Waals surface area contributed by atoms with Crippen molar-refractivity contribution < 1.29 is 9.90 Å². The molecule has 0 radical (unpaired) electrons. The third-order valence-corrected chi connectivity index (χ3v) is 3.03. The van der Waals surface area contributed by atoms with Crippen LogP contribution in [0.5, 0.6) is 0 Å². The molecule has 0 saturated heterocycles. The van der Waals surface area contributed by atoms with Gasteiger partial charge >= 0.3 is 5.97 Å². The van der Waals surface area contributed by atoms with Crippen LogP contribution in [-0.4, -0.2) is 26.3 Å². The van der Waals surface area contributed by atoms with Gasteiger partial charge in [0.2, 0.25) is 0 Å². The van der Waals surface area contributed by atoms with E-state index in [9.17, 15) is 4.79 Å². The Balaban J connectivity index is 2.04. The summed E-state index contributed by atoms with van der Waals surface area (Å²) in [5.74, 6) is -0.934. The minimum Gasteiger partial charge on any atom is -0.478 e. The number of nitrogens with zero attached hydrogens (tertiary/aromatic N) is 2. The zero-order valence-corrected chi connectivity index (χ0v) is 10.4. The Morgan fingerprint density at radius 1 is 1.05 bits per heavy atom. The number of rotatable bonds is 3. The van der Waals surface area contributed by atoms with Crippen LogP contribution in [0.2, 0.25) is 0 Å². The van der Waals surface area contributed by atoms with Gasteiger partial charge in [-0.3, -0.25) is 10.1 Å². The first-order chi connectivity index (χ1) is 9.75. The van der Waals surface area contributed by atoms with Gasteiger partial charge in [0.05, 0.1) is 17.5 Å². The largest absolute Gasteiger partial charge is 0.478 e. The molecule has 98 valence electrons. The summed E-state index contributed by atoms with van der Waals surface area (Å²) in [6, 6.07) is 10.5. The van der Waals surface area contributed by atoms with Crippen LogP contribution in [0.3, 0.4) is 0 Å². The first-order valence-corrected chi connectivity index (χ1v) is 6.03. The molecule has 0 aliphatic heterocycles. The predicted octanol–water partition coefficient (Wildman–Crippen LogP) is 2.84. The maximum absolute atomic E-state index is 10.9. The van der Waals surface area contributed by atoms with Gasteiger partial charge in [0.1, 0.15) is 0 Å². The van der Waals surface area contributed by atoms with Crippen molar-refractivity contribution in [3.8, 4) is 22.4 Å². The molecule has 20 heavy (non-hydrogen) atoms. The molecule has 2 N–H and O–H groups in total. The summed E-state index contributed by atoms with van der Waals surface area (Å²) >= 11 is 0. The highest BCUT2D eigenvalue weighted by Crippen LogP contribution is 2.29. The van der Waals surface area contributed by atoms with Gasteiger partial charge < -0.3 is 5.11 Å². The molecule has 0 spiro atoms. The normalized spacial score (nSPS) is 10.4. The van der Waals surface area contributed by atoms with Crippen molar-refractivity contribution in [3.63, 3.8) is 0 Å². The molecule has 2 heterocycles. The number of carbonyl (C=O) groups is 1. The molecule has 0 atom stereocenters. The van der Waals surface area contributed by atoms with E-state index in [1.807, 2.05) is 12.1 Å². The molecule has 5 heteroatoms. The van der Waals surface area contributed by atoms with E-state index in [4.69, 9.17) is 5.11 Å². The Kier molecular flexibility index (Phi) is 3.01. The first-order valence-electron chi connectivity index (χ1n) is 6.03. The van der Waals surface area contributed by atoms with E-state index in [2.05, 4.69) is 15.2 Å². The van der Waals surface area contributed by atoms with Gasteiger partial charge in [-0.25, -0.2) is 4.79 Å². The molecule has 0 unspecified atom stereocenters. The highest BCUT2D eigenvalue weighted by molar-refractivity contribution is 5.89. The monoisotopic (exact) mass is 265 g/mol. The number of nitrogens with one attached hydrogen (secondary N) is 1. The van der Waals surface area contributed by atoms with Crippen molar-refractivity contribution in [2.24, 2.45) is 0 Å². The smallest absolute Gasteiger partial charge is 0.335 e. The minimum atomic E-state index is -0.934. The molecule has 2 aromatic heterocycles. The minimum absolute atomic E-state index is 0.264. The van der Waals surface area contributed by atoms with Gasteiger partial charge in [-0.2, -0.15) is 5.10 Å². The zero-order chi connectivity index (χ0) is 13.9. The van der Waals surface area contributed by atoms with Crippen LogP contribution >= 0.6 is 0 Å². The summed E-state index contributed by atoms with van der Waals surface area (Å²) in [6.07, 6.45) is 5.18. The molecule has 3 rings (SSSR count). The van der Waals surface area contributed by atoms with E-state index >= 15 is 0 Å². The number of pyridine rings is 1. The summed E-state index contributed by atoms with van der Waals surface area (Å²) in [5, 5.41) is 15.9. The number of carboxylic acids is 1. The van der Waals surface area contributed by atoms with Crippen molar-refractivity contribution in [2.75, 3.05) is 0 Å². The third-order valence-electron chi connectivity index (χ3n) is 3.03. The van der Waals surface area contributed by atoms with E-state index in [-0.39, 0.29) is 5.56 Å². The number of aromatic nitrogens is 3. The van der Waals surface area contributed by atoms with Gasteiger partial charge in [-0.15, -0.1) is 0 Å². The molecular weight excluding hydrogens is 254 g/mol. The summed E-state index contributed by atoms with van der Waals surface area (Å²) in [5.41, 5.74) is 3.88. The molecule has 0 amide bonds. The van der Waals surface area contributed by atoms with Gasteiger partial charge in [-0.05, 0) is 29.8 Å². The lowest BCUT2D eigenvalue weighted by Crippen LogP contribution is -1.95. The second-order valence-corrected chi connectivity index (χ2v) is 4.28. The Morgan fingerprint density at radius 2 is 1.85 bits per heavy atom. The van der Waals surface area contributed by atoms with Crippen LogP contribution in [0.4, 0.5) is 0 Å². The lowest BCUT2D eigenvalue weighted by molar-refractivity contribution is 0.0697. The SMILES string of the molecule is O=C(O)c1ccc(-c2cn[nH]c2-c2cccnc2)cc1.